The van der Waals surface area contributed by atoms with E-state index in [9.17, 15) is 9.59 Å². The van der Waals surface area contributed by atoms with Crippen LogP contribution in [-0.4, -0.2) is 26.3 Å². The van der Waals surface area contributed by atoms with Gasteiger partial charge in [-0.25, -0.2) is 0 Å². The number of hydrogen-bond donors (Lipinski definition) is 0. The third-order valence-electron chi connectivity index (χ3n) is 1.94. The summed E-state index contributed by atoms with van der Waals surface area (Å²) in [6.45, 7) is 4.09. The molecule has 0 spiro atoms. The van der Waals surface area contributed by atoms with Gasteiger partial charge in [-0.15, -0.1) is 0 Å². The van der Waals surface area contributed by atoms with Gasteiger partial charge < -0.3 is 4.74 Å². The second kappa shape index (κ2) is 9.81. The molecule has 0 unspecified atom stereocenters. The van der Waals surface area contributed by atoms with Gasteiger partial charge in [0.2, 0.25) is 0 Å². The molecule has 82 valence electrons. The average molecular weight is 208 g/mol. The van der Waals surface area contributed by atoms with Crippen molar-refractivity contribution in [2.24, 2.45) is 0 Å². The molecule has 0 aliphatic heterocycles. The summed E-state index contributed by atoms with van der Waals surface area (Å²) >= 11 is 0. The number of hydrogen-bond acceptors (Lipinski definition) is 3. The molecule has 5 heteroatoms. The largest absolute Gasteiger partial charge is 0.412 e. The highest BCUT2D eigenvalue weighted by molar-refractivity contribution is 6.77. The Balaban J connectivity index is 3.45. The maximum atomic E-state index is 11.0. The van der Waals surface area contributed by atoms with Crippen molar-refractivity contribution in [2.75, 3.05) is 0 Å². The number of rotatable bonds is 8. The molecule has 0 aromatic carbocycles. The Bertz CT molecular complexity index is 175. The van der Waals surface area contributed by atoms with Crippen LogP contribution in [0.3, 0.4) is 0 Å². The topological polar surface area (TPSA) is 43.4 Å². The second-order valence-electron chi connectivity index (χ2n) is 3.43. The van der Waals surface area contributed by atoms with Gasteiger partial charge in [0.15, 0.2) is 0 Å². The van der Waals surface area contributed by atoms with Crippen LogP contribution in [-0.2, 0) is 4.74 Å². The Morgan fingerprint density at radius 3 is 1.67 bits per heavy atom. The van der Waals surface area contributed by atoms with E-state index in [0.717, 1.165) is 25.7 Å². The molecule has 0 rings (SSSR count). The van der Waals surface area contributed by atoms with Crippen molar-refractivity contribution in [2.45, 2.75) is 52.2 Å². The summed E-state index contributed by atoms with van der Waals surface area (Å²) in [5.41, 5.74) is 0. The maximum absolute atomic E-state index is 11.0. The molecule has 3 nitrogen and oxygen atoms in total. The van der Waals surface area contributed by atoms with Crippen LogP contribution in [0, 0.1) is 0 Å². The van der Waals surface area contributed by atoms with Crippen LogP contribution in [0.25, 0.3) is 0 Å². The van der Waals surface area contributed by atoms with Crippen molar-refractivity contribution in [1.82, 2.24) is 0 Å². The van der Waals surface area contributed by atoms with Crippen molar-refractivity contribution in [1.29, 1.82) is 0 Å². The third kappa shape index (κ3) is 9.57. The fourth-order valence-corrected chi connectivity index (χ4v) is 1.03. The van der Waals surface area contributed by atoms with E-state index in [1.54, 1.807) is 0 Å². The lowest BCUT2D eigenvalue weighted by Crippen LogP contribution is -2.19. The van der Waals surface area contributed by atoms with Crippen LogP contribution in [0.15, 0.2) is 0 Å². The lowest BCUT2D eigenvalue weighted by atomic mass is 9.71. The standard InChI is InChI=1S/C10H18B2O3/c1-3-5-7-11-9(13)15-10(14)12-8-6-4-2/h3-8H2,1-2H3. The smallest absolute Gasteiger partial charge is 0.261 e. The molecule has 0 saturated carbocycles. The lowest BCUT2D eigenvalue weighted by Gasteiger charge is -2.01. The normalized spacial score (nSPS) is 9.47. The van der Waals surface area contributed by atoms with Crippen molar-refractivity contribution in [3.8, 4) is 0 Å². The predicted molar refractivity (Wildman–Crippen MR) is 62.8 cm³/mol. The summed E-state index contributed by atoms with van der Waals surface area (Å²) in [6, 6.07) is 0. The van der Waals surface area contributed by atoms with E-state index in [2.05, 4.69) is 4.74 Å². The number of ether oxygens (including phenoxy) is 1. The van der Waals surface area contributed by atoms with Crippen LogP contribution < -0.4 is 0 Å². The zero-order valence-electron chi connectivity index (χ0n) is 9.62. The molecule has 0 bridgehead atoms. The summed E-state index contributed by atoms with van der Waals surface area (Å²) < 4.78 is 4.55. The van der Waals surface area contributed by atoms with Crippen LogP contribution >= 0.6 is 0 Å². The molecule has 15 heavy (non-hydrogen) atoms. The first-order valence-electron chi connectivity index (χ1n) is 5.62. The SMILES string of the molecule is CCCC[B]C(=O)OC(=O)[B]CCCC. The summed E-state index contributed by atoms with van der Waals surface area (Å²) in [5, 5.41) is 0. The summed E-state index contributed by atoms with van der Waals surface area (Å²) in [4.78, 5) is 22.1. The molecule has 0 atom stereocenters. The second-order valence-corrected chi connectivity index (χ2v) is 3.43. The van der Waals surface area contributed by atoms with Gasteiger partial charge in [-0.2, -0.15) is 0 Å². The lowest BCUT2D eigenvalue weighted by molar-refractivity contribution is 0.183. The van der Waals surface area contributed by atoms with Gasteiger partial charge in [0, 0.05) is 0 Å². The Hall–Kier alpha value is -0.730. The van der Waals surface area contributed by atoms with E-state index in [4.69, 9.17) is 0 Å². The quantitative estimate of drug-likeness (QED) is 0.349. The highest BCUT2D eigenvalue weighted by Gasteiger charge is 2.11. The van der Waals surface area contributed by atoms with Crippen LogP contribution in [0.2, 0.25) is 12.6 Å². The van der Waals surface area contributed by atoms with E-state index in [0.29, 0.717) is 12.6 Å². The third-order valence-corrected chi connectivity index (χ3v) is 1.94. The Kier molecular flexibility index (Phi) is 9.33. The first kappa shape index (κ1) is 14.3. The van der Waals surface area contributed by atoms with Gasteiger partial charge in [0.1, 0.15) is 0 Å². The van der Waals surface area contributed by atoms with Crippen molar-refractivity contribution < 1.29 is 14.3 Å². The fourth-order valence-electron chi connectivity index (χ4n) is 1.03. The minimum absolute atomic E-state index is 0.527. The molecular weight excluding hydrogens is 190 g/mol. The summed E-state index contributed by atoms with van der Waals surface area (Å²) in [6.07, 6.45) is 5.31. The van der Waals surface area contributed by atoms with Gasteiger partial charge in [-0.1, -0.05) is 52.2 Å². The van der Waals surface area contributed by atoms with E-state index >= 15 is 0 Å². The van der Waals surface area contributed by atoms with E-state index in [1.807, 2.05) is 13.8 Å². The van der Waals surface area contributed by atoms with Gasteiger partial charge in [0.05, 0.1) is 0 Å². The van der Waals surface area contributed by atoms with E-state index in [1.165, 1.54) is 14.6 Å². The van der Waals surface area contributed by atoms with Gasteiger partial charge >= 0.3 is 0 Å². The zero-order valence-corrected chi connectivity index (χ0v) is 9.62. The molecule has 0 N–H and O–H groups in total. The number of carbonyl (C=O) groups is 2. The van der Waals surface area contributed by atoms with Crippen molar-refractivity contribution in [3.05, 3.63) is 0 Å². The van der Waals surface area contributed by atoms with Crippen LogP contribution in [0.5, 0.6) is 0 Å². The minimum atomic E-state index is -0.527. The summed E-state index contributed by atoms with van der Waals surface area (Å²) in [5.74, 6) is -1.05. The monoisotopic (exact) mass is 208 g/mol. The van der Waals surface area contributed by atoms with E-state index < -0.39 is 11.7 Å². The van der Waals surface area contributed by atoms with E-state index in [-0.39, 0.29) is 0 Å². The molecule has 0 heterocycles. The minimum Gasteiger partial charge on any atom is -0.412 e. The van der Waals surface area contributed by atoms with Gasteiger partial charge in [-0.05, 0) is 0 Å². The Morgan fingerprint density at radius 2 is 1.33 bits per heavy atom. The molecule has 0 aliphatic carbocycles. The molecule has 0 aromatic heterocycles. The maximum Gasteiger partial charge on any atom is 0.261 e. The predicted octanol–water partition coefficient (Wildman–Crippen LogP) is 3.09. The van der Waals surface area contributed by atoms with Crippen molar-refractivity contribution >= 4 is 26.3 Å². The highest BCUT2D eigenvalue weighted by Crippen LogP contribution is 1.98. The molecule has 0 aromatic rings. The molecule has 0 fully saturated rings. The van der Waals surface area contributed by atoms with Gasteiger partial charge in [-0.3, -0.25) is 9.59 Å². The number of unbranched alkanes of at least 4 members (excludes halogenated alkanes) is 2. The number of carbonyl (C=O) groups excluding carboxylic acids is 2. The van der Waals surface area contributed by atoms with Crippen LogP contribution in [0.4, 0.5) is 9.59 Å². The van der Waals surface area contributed by atoms with Gasteiger partial charge in [0.25, 0.3) is 26.3 Å². The molecule has 2 radical (unpaired) electrons. The Labute approximate surface area is 93.4 Å². The molecule has 0 aliphatic rings. The average Bonchev–Trinajstić information content (AvgIpc) is 2.18. The molecule has 0 amide bonds. The Morgan fingerprint density at radius 1 is 0.933 bits per heavy atom. The fraction of sp³-hybridized carbons (Fsp3) is 0.800. The highest BCUT2D eigenvalue weighted by atomic mass is 16.6. The molecule has 0 saturated heterocycles. The van der Waals surface area contributed by atoms with Crippen molar-refractivity contribution in [3.63, 3.8) is 0 Å². The first-order valence-corrected chi connectivity index (χ1v) is 5.62. The van der Waals surface area contributed by atoms with Crippen LogP contribution in [0.1, 0.15) is 39.5 Å². The summed E-state index contributed by atoms with van der Waals surface area (Å²) in [7, 11) is 2.85. The first-order chi connectivity index (χ1) is 7.20. The molecular formula is C10H18B2O3. The zero-order chi connectivity index (χ0) is 11.5.